The van der Waals surface area contributed by atoms with Gasteiger partial charge in [0.05, 0.1) is 0 Å². The molecular weight excluding hydrogens is 382 g/mol. The molecule has 3 heteroatoms. The molecule has 2 heterocycles. The van der Waals surface area contributed by atoms with E-state index in [9.17, 15) is 0 Å². The summed E-state index contributed by atoms with van der Waals surface area (Å²) < 4.78 is 0. The van der Waals surface area contributed by atoms with Crippen molar-refractivity contribution in [3.05, 3.63) is 62.7 Å². The third-order valence-electron chi connectivity index (χ3n) is 5.79. The second-order valence-electron chi connectivity index (χ2n) is 7.65. The predicted molar refractivity (Wildman–Crippen MR) is 111 cm³/mol. The summed E-state index contributed by atoms with van der Waals surface area (Å²) in [5.74, 6) is 0. The molecule has 0 spiro atoms. The predicted octanol–water partition coefficient (Wildman–Crippen LogP) is 6.80. The molecule has 0 amide bonds. The van der Waals surface area contributed by atoms with Gasteiger partial charge in [0, 0.05) is 28.4 Å². The van der Waals surface area contributed by atoms with Crippen molar-refractivity contribution in [1.82, 2.24) is 0 Å². The van der Waals surface area contributed by atoms with Crippen LogP contribution in [0, 0.1) is 62.7 Å². The van der Waals surface area contributed by atoms with Crippen molar-refractivity contribution in [1.29, 1.82) is 0 Å². The van der Waals surface area contributed by atoms with Crippen LogP contribution in [0.4, 0.5) is 0 Å². The zero-order valence-corrected chi connectivity index (χ0v) is 18.9. The minimum atomic E-state index is 0. The van der Waals surface area contributed by atoms with Gasteiger partial charge in [-0.05, 0) is 99.7 Å². The summed E-state index contributed by atoms with van der Waals surface area (Å²) in [5, 5.41) is 0. The van der Waals surface area contributed by atoms with Crippen molar-refractivity contribution in [2.75, 3.05) is 0 Å². The van der Waals surface area contributed by atoms with Crippen LogP contribution in [0.15, 0.2) is 0 Å². The molecule has 0 unspecified atom stereocenters. The molecule has 10 radical (unpaired) electrons. The molecule has 2 aliphatic carbocycles. The van der Waals surface area contributed by atoms with E-state index in [0.717, 1.165) is 22.6 Å². The third-order valence-corrected chi connectivity index (χ3v) is 12.4. The van der Waals surface area contributed by atoms with Crippen LogP contribution in [-0.2, 0) is 17.1 Å². The molecule has 0 aromatic rings. The average molecular weight is 414 g/mol. The number of rotatable bonds is 2. The first kappa shape index (κ1) is 22.7. The van der Waals surface area contributed by atoms with Crippen molar-refractivity contribution in [3.63, 3.8) is 0 Å². The second kappa shape index (κ2) is 10.8. The van der Waals surface area contributed by atoms with Gasteiger partial charge in [-0.2, -0.15) is 0 Å². The minimum Gasteiger partial charge on any atom is -0.0930 e. The van der Waals surface area contributed by atoms with Gasteiger partial charge in [-0.3, -0.25) is 0 Å². The van der Waals surface area contributed by atoms with Crippen molar-refractivity contribution < 1.29 is 17.1 Å². The van der Waals surface area contributed by atoms with Crippen molar-refractivity contribution in [2.45, 2.75) is 76.0 Å². The molecular formula is C22H32FeP2. The number of hydrogen-bond donors (Lipinski definition) is 0. The van der Waals surface area contributed by atoms with E-state index in [2.05, 4.69) is 79.1 Å². The maximum absolute atomic E-state index is 2.42. The Balaban J connectivity index is 0.000000173. The maximum atomic E-state index is 2.42. The Hall–Kier alpha value is 1.38. The van der Waals surface area contributed by atoms with Gasteiger partial charge in [0.15, 0.2) is 0 Å². The van der Waals surface area contributed by atoms with E-state index in [-0.39, 0.29) is 32.9 Å². The Morgan fingerprint density at radius 1 is 0.560 bits per heavy atom. The summed E-state index contributed by atoms with van der Waals surface area (Å²) in [4.78, 5) is 0. The van der Waals surface area contributed by atoms with Crippen LogP contribution in [-0.4, -0.2) is 22.6 Å². The van der Waals surface area contributed by atoms with Crippen LogP contribution in [0.25, 0.3) is 0 Å². The summed E-state index contributed by atoms with van der Waals surface area (Å²) in [7, 11) is 0.349. The van der Waals surface area contributed by atoms with Gasteiger partial charge >= 0.3 is 0 Å². The van der Waals surface area contributed by atoms with Crippen LogP contribution in [0.2, 0.25) is 0 Å². The van der Waals surface area contributed by atoms with Crippen molar-refractivity contribution >= 4 is 15.8 Å². The largest absolute Gasteiger partial charge is 0.0930 e. The maximum Gasteiger partial charge on any atom is 0.00801 e. The zero-order valence-electron chi connectivity index (χ0n) is 16.0. The molecule has 4 aliphatic rings. The normalized spacial score (nSPS) is 37.9. The molecule has 0 aromatic heterocycles. The van der Waals surface area contributed by atoms with Crippen LogP contribution in [0.3, 0.4) is 0 Å². The van der Waals surface area contributed by atoms with Gasteiger partial charge in [-0.15, -0.1) is 0 Å². The molecule has 2 saturated carbocycles. The molecule has 0 N–H and O–H groups in total. The molecule has 0 nitrogen and oxygen atoms in total. The Bertz CT molecular complexity index is 320. The fourth-order valence-corrected chi connectivity index (χ4v) is 11.0. The Kier molecular flexibility index (Phi) is 9.79. The quantitative estimate of drug-likeness (QED) is 0.344. The fourth-order valence-electron chi connectivity index (χ4n) is 4.48. The van der Waals surface area contributed by atoms with Gasteiger partial charge in [-0.25, -0.2) is 0 Å². The van der Waals surface area contributed by atoms with E-state index in [1.54, 1.807) is 11.3 Å². The summed E-state index contributed by atoms with van der Waals surface area (Å²) in [6.45, 7) is 9.68. The zero-order chi connectivity index (χ0) is 17.1. The van der Waals surface area contributed by atoms with Gasteiger partial charge in [0.2, 0.25) is 0 Å². The molecule has 4 rings (SSSR count). The molecule has 138 valence electrons. The number of hydrogen-bond acceptors (Lipinski definition) is 0. The smallest absolute Gasteiger partial charge is 0.00801 e. The van der Waals surface area contributed by atoms with Gasteiger partial charge in [-0.1, -0.05) is 43.5 Å². The Labute approximate surface area is 171 Å². The van der Waals surface area contributed by atoms with Gasteiger partial charge < -0.3 is 0 Å². The molecule has 2 aliphatic heterocycles. The monoisotopic (exact) mass is 414 g/mol. The summed E-state index contributed by atoms with van der Waals surface area (Å²) in [6, 6.07) is 0. The molecule has 0 aromatic carbocycles. The van der Waals surface area contributed by atoms with Crippen LogP contribution < -0.4 is 0 Å². The summed E-state index contributed by atoms with van der Waals surface area (Å²) in [5.41, 5.74) is 7.08. The molecule has 2 saturated heterocycles. The first-order valence-electron chi connectivity index (χ1n) is 9.58. The van der Waals surface area contributed by atoms with Crippen molar-refractivity contribution in [3.8, 4) is 0 Å². The van der Waals surface area contributed by atoms with Gasteiger partial charge in [0.1, 0.15) is 0 Å². The first-order valence-corrected chi connectivity index (χ1v) is 12.5. The topological polar surface area (TPSA) is 0 Å². The van der Waals surface area contributed by atoms with E-state index in [4.69, 9.17) is 0 Å². The van der Waals surface area contributed by atoms with Crippen molar-refractivity contribution in [2.24, 2.45) is 0 Å². The Morgan fingerprint density at radius 2 is 0.800 bits per heavy atom. The molecule has 4 atom stereocenters. The third kappa shape index (κ3) is 5.69. The van der Waals surface area contributed by atoms with E-state index < -0.39 is 0 Å². The van der Waals surface area contributed by atoms with Crippen LogP contribution in [0.1, 0.15) is 53.4 Å². The van der Waals surface area contributed by atoms with Crippen LogP contribution >= 0.6 is 15.8 Å². The fraction of sp³-hybridized carbons (Fsp3) is 0.545. The minimum absolute atomic E-state index is 0. The SMILES string of the molecule is C[C@@H]1CC[C@@H](C)P1[C]1[CH][CH][CH][CH]1.C[C@@H]1CC[C@@H](C)P1[C]1[CH][CH][CH][CH]1.[Fe]. The van der Waals surface area contributed by atoms with E-state index in [1.165, 1.54) is 25.7 Å². The first-order chi connectivity index (χ1) is 11.6. The average Bonchev–Trinajstić information content (AvgIpc) is 3.31. The van der Waals surface area contributed by atoms with E-state index >= 15 is 0 Å². The van der Waals surface area contributed by atoms with E-state index in [1.807, 2.05) is 0 Å². The van der Waals surface area contributed by atoms with E-state index in [0.29, 0.717) is 0 Å². The summed E-state index contributed by atoms with van der Waals surface area (Å²) >= 11 is 0. The Morgan fingerprint density at radius 3 is 1.04 bits per heavy atom. The molecule has 4 fully saturated rings. The molecule has 0 bridgehead atoms. The summed E-state index contributed by atoms with van der Waals surface area (Å²) in [6.07, 6.45) is 23.7. The second-order valence-corrected chi connectivity index (χ2v) is 13.8. The van der Waals surface area contributed by atoms with Gasteiger partial charge in [0.25, 0.3) is 0 Å². The molecule has 25 heavy (non-hydrogen) atoms. The van der Waals surface area contributed by atoms with Crippen LogP contribution in [0.5, 0.6) is 0 Å². The standard InChI is InChI=1S/2C11H16P.Fe/c2*1-9-7-8-10(2)12(9)11-5-3-4-6-11;/h2*3-6,9-10H,7-8H2,1-2H3;/t2*9-,10-;/m11./s1.